The Balaban J connectivity index is 1.56. The number of ether oxygens (including phenoxy) is 1. The first kappa shape index (κ1) is 26.7. The number of rotatable bonds is 8. The summed E-state index contributed by atoms with van der Waals surface area (Å²) < 4.78 is 18.4. The van der Waals surface area contributed by atoms with Crippen molar-refractivity contribution >= 4 is 36.7 Å². The van der Waals surface area contributed by atoms with Gasteiger partial charge in [0.05, 0.1) is 22.4 Å². The minimum absolute atomic E-state index is 0.419. The number of benzene rings is 3. The van der Waals surface area contributed by atoms with E-state index in [2.05, 4.69) is 48.5 Å². The molecule has 5 nitrogen and oxygen atoms in total. The van der Waals surface area contributed by atoms with Crippen molar-refractivity contribution in [1.82, 2.24) is 0 Å². The van der Waals surface area contributed by atoms with Gasteiger partial charge in [0, 0.05) is 10.9 Å². The van der Waals surface area contributed by atoms with Crippen LogP contribution < -0.4 is 15.7 Å². The summed E-state index contributed by atoms with van der Waals surface area (Å²) in [5.41, 5.74) is 2.26. The lowest BCUT2D eigenvalue weighted by molar-refractivity contribution is -0.0893. The molecule has 3 aromatic carbocycles. The fraction of sp³-hybridized carbons (Fsp3) is 0.448. The van der Waals surface area contributed by atoms with E-state index in [-0.39, 0.29) is 0 Å². The van der Waals surface area contributed by atoms with Crippen LogP contribution in [0, 0.1) is 0 Å². The van der Waals surface area contributed by atoms with Gasteiger partial charge in [-0.25, -0.2) is 0 Å². The van der Waals surface area contributed by atoms with E-state index in [4.69, 9.17) is 14.0 Å². The van der Waals surface area contributed by atoms with Gasteiger partial charge in [-0.05, 0) is 71.9 Å². The Morgan fingerprint density at radius 2 is 1.22 bits per heavy atom. The summed E-state index contributed by atoms with van der Waals surface area (Å²) in [6.45, 7) is 15.2. The Hall–Kier alpha value is -2.31. The maximum absolute atomic E-state index is 10.4. The van der Waals surface area contributed by atoms with Crippen molar-refractivity contribution in [2.75, 3.05) is 0 Å². The van der Waals surface area contributed by atoms with Crippen LogP contribution in [0.25, 0.3) is 21.9 Å². The Morgan fingerprint density at radius 3 is 1.81 bits per heavy atom. The molecule has 190 valence electrons. The van der Waals surface area contributed by atoms with E-state index >= 15 is 0 Å². The van der Waals surface area contributed by atoms with E-state index < -0.39 is 22.4 Å². The van der Waals surface area contributed by atoms with Crippen molar-refractivity contribution in [1.29, 1.82) is 0 Å². The molecule has 36 heavy (non-hydrogen) atoms. The van der Waals surface area contributed by atoms with Crippen molar-refractivity contribution in [3.05, 3.63) is 54.1 Å². The van der Waals surface area contributed by atoms with Crippen molar-refractivity contribution in [3.8, 4) is 16.9 Å². The van der Waals surface area contributed by atoms with Crippen LogP contribution in [-0.4, -0.2) is 47.6 Å². The topological polar surface area (TPSA) is 68.2 Å². The molecule has 0 amide bonds. The van der Waals surface area contributed by atoms with Crippen LogP contribution in [0.5, 0.6) is 5.75 Å². The van der Waals surface area contributed by atoms with Crippen LogP contribution in [0.15, 0.2) is 48.5 Å². The van der Waals surface area contributed by atoms with Gasteiger partial charge in [-0.1, -0.05) is 59.5 Å². The molecule has 0 aliphatic carbocycles. The standard InChI is InChI=1S/C29H38B2O5/c1-26(2,32)28(5,6)35-30-20-11-14-23-18(15-20)9-12-24-22-13-10-21(16-19(22)17-34-25(23)24)31-36-29(7,8)27(3,4)33/h9-16,30-33H,17H2,1-8H3. The average Bonchev–Trinajstić information content (AvgIpc) is 2.79. The van der Waals surface area contributed by atoms with Gasteiger partial charge in [-0.15, -0.1) is 0 Å². The van der Waals surface area contributed by atoms with Crippen LogP contribution in [0.1, 0.15) is 61.0 Å². The second-order valence-corrected chi connectivity index (χ2v) is 12.0. The summed E-state index contributed by atoms with van der Waals surface area (Å²) in [6.07, 6.45) is 0. The van der Waals surface area contributed by atoms with Crippen LogP contribution in [0.3, 0.4) is 0 Å². The Morgan fingerprint density at radius 1 is 0.694 bits per heavy atom. The zero-order valence-electron chi connectivity index (χ0n) is 22.9. The number of hydrogen-bond acceptors (Lipinski definition) is 5. The third kappa shape index (κ3) is 5.21. The van der Waals surface area contributed by atoms with Gasteiger partial charge in [-0.3, -0.25) is 0 Å². The number of hydrogen-bond donors (Lipinski definition) is 2. The molecule has 0 saturated heterocycles. The van der Waals surface area contributed by atoms with E-state index in [0.717, 1.165) is 38.6 Å². The fourth-order valence-corrected chi connectivity index (χ4v) is 3.96. The largest absolute Gasteiger partial charge is 0.488 e. The highest BCUT2D eigenvalue weighted by Gasteiger charge is 2.36. The molecule has 2 N–H and O–H groups in total. The third-order valence-electron chi connectivity index (χ3n) is 8.01. The van der Waals surface area contributed by atoms with Crippen LogP contribution in [0.2, 0.25) is 0 Å². The van der Waals surface area contributed by atoms with Gasteiger partial charge in [0.2, 0.25) is 0 Å². The SMILES string of the molecule is CC(C)(O)C(C)(C)OBc1ccc2c(c1)COc1c-2ccc2cc(BOC(C)(C)C(C)(C)O)ccc12. The van der Waals surface area contributed by atoms with Gasteiger partial charge in [0.1, 0.15) is 12.4 Å². The summed E-state index contributed by atoms with van der Waals surface area (Å²) in [5, 5.41) is 22.9. The molecule has 0 bridgehead atoms. The Labute approximate surface area is 216 Å². The predicted octanol–water partition coefficient (Wildman–Crippen LogP) is 3.49. The number of fused-ring (bicyclic) bond motifs is 5. The highest BCUT2D eigenvalue weighted by Crippen LogP contribution is 2.41. The molecule has 3 aromatic rings. The summed E-state index contributed by atoms with van der Waals surface area (Å²) in [7, 11) is 0.840. The maximum atomic E-state index is 10.4. The van der Waals surface area contributed by atoms with E-state index in [1.54, 1.807) is 27.7 Å². The summed E-state index contributed by atoms with van der Waals surface area (Å²) in [6, 6.07) is 16.9. The van der Waals surface area contributed by atoms with Gasteiger partial charge in [0.15, 0.2) is 0 Å². The lowest BCUT2D eigenvalue weighted by Crippen LogP contribution is -2.49. The van der Waals surface area contributed by atoms with E-state index in [1.807, 2.05) is 27.7 Å². The molecule has 0 aromatic heterocycles. The molecule has 0 atom stereocenters. The van der Waals surface area contributed by atoms with Crippen molar-refractivity contribution in [2.24, 2.45) is 0 Å². The molecular weight excluding hydrogens is 450 g/mol. The smallest absolute Gasteiger partial charge is 0.309 e. The molecule has 0 saturated carbocycles. The Kier molecular flexibility index (Phi) is 6.85. The minimum atomic E-state index is -0.943. The molecule has 1 aliphatic heterocycles. The lowest BCUT2D eigenvalue weighted by Gasteiger charge is -2.37. The molecular formula is C29H38B2O5. The second kappa shape index (κ2) is 9.21. The maximum Gasteiger partial charge on any atom is 0.309 e. The number of aliphatic hydroxyl groups is 2. The predicted molar refractivity (Wildman–Crippen MR) is 150 cm³/mol. The summed E-state index contributed by atoms with van der Waals surface area (Å²) in [5.74, 6) is 0.899. The highest BCUT2D eigenvalue weighted by molar-refractivity contribution is 6.47. The second-order valence-electron chi connectivity index (χ2n) is 12.0. The van der Waals surface area contributed by atoms with E-state index in [0.29, 0.717) is 21.6 Å². The van der Waals surface area contributed by atoms with Crippen LogP contribution in [-0.2, 0) is 15.9 Å². The molecule has 0 fully saturated rings. The van der Waals surface area contributed by atoms with Crippen molar-refractivity contribution < 1.29 is 24.3 Å². The van der Waals surface area contributed by atoms with Crippen molar-refractivity contribution in [2.45, 2.75) is 84.4 Å². The summed E-state index contributed by atoms with van der Waals surface area (Å²) in [4.78, 5) is 0. The molecule has 4 rings (SSSR count). The van der Waals surface area contributed by atoms with Gasteiger partial charge in [-0.2, -0.15) is 0 Å². The first-order chi connectivity index (χ1) is 16.6. The van der Waals surface area contributed by atoms with E-state index in [1.165, 1.54) is 5.56 Å². The van der Waals surface area contributed by atoms with Crippen LogP contribution >= 0.6 is 0 Å². The molecule has 7 heteroatoms. The molecule has 0 spiro atoms. The van der Waals surface area contributed by atoms with E-state index in [9.17, 15) is 10.2 Å². The third-order valence-corrected chi connectivity index (χ3v) is 8.01. The average molecular weight is 488 g/mol. The van der Waals surface area contributed by atoms with Crippen LogP contribution in [0.4, 0.5) is 0 Å². The Bertz CT molecular complexity index is 1270. The first-order valence-corrected chi connectivity index (χ1v) is 12.6. The zero-order valence-corrected chi connectivity index (χ0v) is 22.9. The quantitative estimate of drug-likeness (QED) is 0.476. The highest BCUT2D eigenvalue weighted by atomic mass is 16.5. The van der Waals surface area contributed by atoms with Gasteiger partial charge < -0.3 is 24.3 Å². The molecule has 1 aliphatic rings. The van der Waals surface area contributed by atoms with Crippen molar-refractivity contribution in [3.63, 3.8) is 0 Å². The summed E-state index contributed by atoms with van der Waals surface area (Å²) >= 11 is 0. The van der Waals surface area contributed by atoms with Gasteiger partial charge >= 0.3 is 15.0 Å². The molecule has 1 heterocycles. The monoisotopic (exact) mass is 488 g/mol. The van der Waals surface area contributed by atoms with Gasteiger partial charge in [0.25, 0.3) is 0 Å². The normalized spacial score (nSPS) is 14.2. The zero-order chi connectivity index (χ0) is 26.5. The fourth-order valence-electron chi connectivity index (χ4n) is 3.96. The first-order valence-electron chi connectivity index (χ1n) is 12.6. The minimum Gasteiger partial charge on any atom is -0.488 e. The molecule has 0 unspecified atom stereocenters. The lowest BCUT2D eigenvalue weighted by atomic mass is 9.80. The molecule has 0 radical (unpaired) electrons.